The lowest BCUT2D eigenvalue weighted by molar-refractivity contribution is -0.118. The summed E-state index contributed by atoms with van der Waals surface area (Å²) in [4.78, 5) is 108. The number of carbonyl (C=O) groups is 8. The highest BCUT2D eigenvalue weighted by molar-refractivity contribution is 6.07. The zero-order chi connectivity index (χ0) is 61.3. The normalized spacial score (nSPS) is 12.0. The third kappa shape index (κ3) is 20.3. The van der Waals surface area contributed by atoms with Crippen molar-refractivity contribution in [3.63, 3.8) is 0 Å². The molecule has 0 heterocycles. The molecule has 4 aromatic carbocycles. The van der Waals surface area contributed by atoms with Crippen LogP contribution in [0.3, 0.4) is 0 Å². The molecule has 4 atom stereocenters. The minimum atomic E-state index is -1.29. The summed E-state index contributed by atoms with van der Waals surface area (Å²) in [5.74, 6) is -6.29. The monoisotopic (exact) mass is 1150 g/mol. The first-order chi connectivity index (χ1) is 39.5. The molecule has 0 aliphatic heterocycles. The standard InChI is InChI=1S/C53H72N18O12/c1-27(44(73)66-28-12-16-39(80-2)32(23-28)43(55)72)65-45(74)33-25-30(14-18-40(33)81-3)68-49(78)37(10-7-21-63-52(58)59)71-47(76)35-26-31(15-19-42(35)83-5)69-50(79)38(11-8-22-64-53(60)61)70-46(75)34-24-29(13-17-41(34)82-4)67-48(77)36(54)9-6-20-62-51(56)57/h12-19,23-27,36-38H,6-11,20-22,54H2,1-5H3,(H2,55,72)(H,65,74)(H,66,73)(H,67,77)(H,68,78)(H,69,79)(H,70,75)(H,71,76)(H4,56,57,62)(H4,58,59,63)(H4,60,61,64)/t27-,36-,37-,38-/m1/s1. The molecule has 446 valence electrons. The van der Waals surface area contributed by atoms with Crippen molar-refractivity contribution in [2.24, 2.45) is 28.7 Å². The second-order valence-corrected chi connectivity index (χ2v) is 18.3. The van der Waals surface area contributed by atoms with Gasteiger partial charge in [-0.15, -0.1) is 0 Å². The number of carbonyl (C=O) groups excluding carboxylic acids is 8. The van der Waals surface area contributed by atoms with Gasteiger partial charge in [-0.05, 0) is 118 Å². The van der Waals surface area contributed by atoms with Crippen LogP contribution in [0.4, 0.5) is 22.7 Å². The average molecular weight is 1150 g/mol. The predicted molar refractivity (Wildman–Crippen MR) is 310 cm³/mol. The number of primary amides is 1. The Hall–Kier alpha value is -10.4. The molecule has 0 unspecified atom stereocenters. The number of benzene rings is 4. The van der Waals surface area contributed by atoms with Crippen LogP contribution in [0.25, 0.3) is 0 Å². The SMILES string of the molecule is COc1ccc(NC(=O)[C@@H](C)NC(=O)c2cc(NC(=O)[C@@H](CCCNC(=N)N)NC(=O)c3cc(NC(=O)[C@@H](CCCNC(=N)N)NC(=O)c4cc(NC(=O)[C@H](N)CCCNC(=N)N)ccc4OC)ccc3OC)ccc2OC)cc1C(N)=O. The van der Waals surface area contributed by atoms with Gasteiger partial charge in [0.05, 0.1) is 56.7 Å². The second-order valence-electron chi connectivity index (χ2n) is 18.3. The molecule has 0 radical (unpaired) electrons. The maximum Gasteiger partial charge on any atom is 0.255 e. The van der Waals surface area contributed by atoms with Gasteiger partial charge in [-0.3, -0.25) is 54.6 Å². The van der Waals surface area contributed by atoms with Crippen molar-refractivity contribution in [3.05, 3.63) is 95.1 Å². The molecule has 30 heteroatoms. The van der Waals surface area contributed by atoms with Crippen LogP contribution < -0.4 is 101 Å². The molecule has 0 fully saturated rings. The largest absolute Gasteiger partial charge is 0.496 e. The van der Waals surface area contributed by atoms with E-state index in [1.807, 2.05) is 0 Å². The Kier molecular flexibility index (Phi) is 25.1. The smallest absolute Gasteiger partial charge is 0.255 e. The van der Waals surface area contributed by atoms with Crippen LogP contribution in [0, 0.1) is 16.2 Å². The number of anilines is 4. The maximum absolute atomic E-state index is 14.3. The highest BCUT2D eigenvalue weighted by Gasteiger charge is 2.28. The van der Waals surface area contributed by atoms with Gasteiger partial charge >= 0.3 is 0 Å². The molecule has 0 aliphatic rings. The Morgan fingerprint density at radius 3 is 1.07 bits per heavy atom. The summed E-state index contributed by atoms with van der Waals surface area (Å²) in [6, 6.07) is 12.2. The summed E-state index contributed by atoms with van der Waals surface area (Å²) in [5.41, 5.74) is 28.1. The molecule has 83 heavy (non-hydrogen) atoms. The lowest BCUT2D eigenvalue weighted by Crippen LogP contribution is -2.45. The summed E-state index contributed by atoms with van der Waals surface area (Å²) in [6.07, 6.45) is 1.11. The molecule has 8 amide bonds. The Balaban J connectivity index is 1.55. The average Bonchev–Trinajstić information content (AvgIpc) is 3.45. The number of nitrogens with one attached hydrogen (secondary N) is 13. The van der Waals surface area contributed by atoms with Crippen LogP contribution in [0.15, 0.2) is 72.8 Å². The molecule has 0 saturated carbocycles. The summed E-state index contributed by atoms with van der Waals surface area (Å²) in [6.45, 7) is 2.03. The van der Waals surface area contributed by atoms with E-state index in [1.165, 1.54) is 108 Å². The zero-order valence-corrected chi connectivity index (χ0v) is 46.4. The predicted octanol–water partition coefficient (Wildman–Crippen LogP) is 0.107. The van der Waals surface area contributed by atoms with E-state index < -0.39 is 71.4 Å². The molecule has 0 saturated heterocycles. The van der Waals surface area contributed by atoms with E-state index in [0.29, 0.717) is 13.0 Å². The number of nitrogens with two attached hydrogens (primary N) is 5. The summed E-state index contributed by atoms with van der Waals surface area (Å²) in [5, 5.41) is 49.0. The van der Waals surface area contributed by atoms with Crippen molar-refractivity contribution in [3.8, 4) is 23.0 Å². The Morgan fingerprint density at radius 2 is 0.735 bits per heavy atom. The van der Waals surface area contributed by atoms with Crippen LogP contribution in [0.2, 0.25) is 0 Å². The molecular weight excluding hydrogens is 1080 g/mol. The van der Waals surface area contributed by atoms with Crippen molar-refractivity contribution in [2.45, 2.75) is 69.6 Å². The molecule has 0 aliphatic carbocycles. The molecule has 0 spiro atoms. The number of amides is 8. The van der Waals surface area contributed by atoms with Crippen molar-refractivity contribution >= 4 is 87.9 Å². The van der Waals surface area contributed by atoms with Crippen LogP contribution >= 0.6 is 0 Å². The van der Waals surface area contributed by atoms with Gasteiger partial charge < -0.3 is 101 Å². The van der Waals surface area contributed by atoms with Crippen molar-refractivity contribution in [1.29, 1.82) is 16.2 Å². The van der Waals surface area contributed by atoms with Gasteiger partial charge in [0, 0.05) is 42.4 Å². The maximum atomic E-state index is 14.3. The quantitative estimate of drug-likeness (QED) is 0.0181. The van der Waals surface area contributed by atoms with Gasteiger partial charge in [-0.25, -0.2) is 0 Å². The number of hydrogen-bond acceptors (Lipinski definition) is 16. The Bertz CT molecular complexity index is 3050. The van der Waals surface area contributed by atoms with Gasteiger partial charge in [0.2, 0.25) is 23.6 Å². The van der Waals surface area contributed by atoms with E-state index in [4.69, 9.17) is 63.8 Å². The number of hydrogen-bond donors (Lipinski definition) is 18. The van der Waals surface area contributed by atoms with Gasteiger partial charge in [-0.1, -0.05) is 0 Å². The number of rotatable bonds is 31. The van der Waals surface area contributed by atoms with Gasteiger partial charge in [0.15, 0.2) is 17.9 Å². The Labute approximate surface area is 477 Å². The lowest BCUT2D eigenvalue weighted by Gasteiger charge is -2.21. The van der Waals surface area contributed by atoms with E-state index >= 15 is 0 Å². The third-order valence-electron chi connectivity index (χ3n) is 12.2. The Morgan fingerprint density at radius 1 is 0.434 bits per heavy atom. The van der Waals surface area contributed by atoms with Crippen molar-refractivity contribution in [2.75, 3.05) is 69.3 Å². The summed E-state index contributed by atoms with van der Waals surface area (Å²) >= 11 is 0. The van der Waals surface area contributed by atoms with E-state index in [0.717, 1.165) is 0 Å². The fourth-order valence-electron chi connectivity index (χ4n) is 7.90. The minimum Gasteiger partial charge on any atom is -0.496 e. The summed E-state index contributed by atoms with van der Waals surface area (Å²) < 4.78 is 21.5. The second kappa shape index (κ2) is 32.0. The number of methoxy groups -OCH3 is 4. The van der Waals surface area contributed by atoms with Crippen molar-refractivity contribution < 1.29 is 57.3 Å². The minimum absolute atomic E-state index is 0.00611. The van der Waals surface area contributed by atoms with E-state index in [1.54, 1.807) is 0 Å². The van der Waals surface area contributed by atoms with Crippen molar-refractivity contribution in [1.82, 2.24) is 31.9 Å². The van der Waals surface area contributed by atoms with E-state index in [9.17, 15) is 38.4 Å². The summed E-state index contributed by atoms with van der Waals surface area (Å²) in [7, 11) is 5.29. The molecule has 0 bridgehead atoms. The molecule has 23 N–H and O–H groups in total. The van der Waals surface area contributed by atoms with Crippen LogP contribution in [-0.2, 0) is 19.2 Å². The van der Waals surface area contributed by atoms with E-state index in [2.05, 4.69) is 53.2 Å². The first-order valence-corrected chi connectivity index (χ1v) is 25.7. The zero-order valence-electron chi connectivity index (χ0n) is 46.4. The number of guanidine groups is 3. The van der Waals surface area contributed by atoms with Gasteiger partial charge in [0.1, 0.15) is 41.1 Å². The molecule has 0 aromatic heterocycles. The lowest BCUT2D eigenvalue weighted by atomic mass is 10.1. The van der Waals surface area contributed by atoms with Crippen LogP contribution in [-0.4, -0.2) is 137 Å². The highest BCUT2D eigenvalue weighted by Crippen LogP contribution is 2.28. The molecule has 4 rings (SSSR count). The van der Waals surface area contributed by atoms with Gasteiger partial charge in [-0.2, -0.15) is 0 Å². The highest BCUT2D eigenvalue weighted by atomic mass is 16.5. The molecule has 30 nitrogen and oxygen atoms in total. The molecular formula is C53H72N18O12. The fraction of sp³-hybridized carbons (Fsp3) is 0.340. The fourth-order valence-corrected chi connectivity index (χ4v) is 7.90. The van der Waals surface area contributed by atoms with Gasteiger partial charge in [0.25, 0.3) is 23.6 Å². The number of ether oxygens (including phenoxy) is 4. The van der Waals surface area contributed by atoms with Crippen LogP contribution in [0.5, 0.6) is 23.0 Å². The first-order valence-electron chi connectivity index (χ1n) is 25.7. The van der Waals surface area contributed by atoms with Crippen LogP contribution in [0.1, 0.15) is 86.9 Å². The molecule has 4 aromatic rings. The first kappa shape index (κ1) is 65.1. The van der Waals surface area contributed by atoms with E-state index in [-0.39, 0.29) is 131 Å². The topological polar surface area (TPSA) is 495 Å². The third-order valence-corrected chi connectivity index (χ3v) is 12.2.